The quantitative estimate of drug-likeness (QED) is 0.653. The van der Waals surface area contributed by atoms with Gasteiger partial charge in [0.15, 0.2) is 0 Å². The van der Waals surface area contributed by atoms with Gasteiger partial charge in [-0.05, 0) is 18.1 Å². The van der Waals surface area contributed by atoms with Crippen LogP contribution in [-0.2, 0) is 16.0 Å². The number of benzene rings is 1. The summed E-state index contributed by atoms with van der Waals surface area (Å²) in [5, 5.41) is 8.52. The first-order valence-electron chi connectivity index (χ1n) is 4.91. The fourth-order valence-corrected chi connectivity index (χ4v) is 0.955. The molecule has 1 aromatic rings. The van der Waals surface area contributed by atoms with Gasteiger partial charge < -0.3 is 16.6 Å². The molecule has 0 saturated carbocycles. The Morgan fingerprint density at radius 1 is 1.35 bits per heavy atom. The first kappa shape index (κ1) is 14.9. The van der Waals surface area contributed by atoms with Gasteiger partial charge in [-0.1, -0.05) is 36.9 Å². The van der Waals surface area contributed by atoms with E-state index in [4.69, 9.17) is 10.8 Å². The Balaban J connectivity index is 0.000000437. The molecule has 1 aromatic carbocycles. The number of carbonyl (C=O) groups excluding carboxylic acids is 1. The molecule has 92 valence electrons. The Morgan fingerprint density at radius 3 is 2.18 bits per heavy atom. The van der Waals surface area contributed by atoms with Crippen molar-refractivity contribution in [1.82, 2.24) is 0 Å². The number of primary amides is 1. The molecule has 5 N–H and O–H groups in total. The number of carbonyl (C=O) groups is 2. The van der Waals surface area contributed by atoms with Gasteiger partial charge in [0.2, 0.25) is 5.91 Å². The molecule has 0 unspecified atom stereocenters. The number of carboxylic acids is 1. The molecule has 1 amide bonds. The SMILES string of the molecule is C=CC(N)=O.N[C@H](Cc1ccccc1)C(=O)O. The van der Waals surface area contributed by atoms with Crippen LogP contribution in [0.2, 0.25) is 0 Å². The molecule has 0 saturated heterocycles. The van der Waals surface area contributed by atoms with Crippen LogP contribution in [0.3, 0.4) is 0 Å². The van der Waals surface area contributed by atoms with Gasteiger partial charge in [-0.2, -0.15) is 0 Å². The Hall–Kier alpha value is -2.14. The van der Waals surface area contributed by atoms with Crippen molar-refractivity contribution in [1.29, 1.82) is 0 Å². The molecular weight excluding hydrogens is 220 g/mol. The fraction of sp³-hybridized carbons (Fsp3) is 0.167. The maximum absolute atomic E-state index is 10.4. The third-order valence-electron chi connectivity index (χ3n) is 1.82. The highest BCUT2D eigenvalue weighted by molar-refractivity contribution is 5.84. The van der Waals surface area contributed by atoms with Crippen molar-refractivity contribution >= 4 is 11.9 Å². The highest BCUT2D eigenvalue weighted by Crippen LogP contribution is 2.01. The number of rotatable bonds is 4. The van der Waals surface area contributed by atoms with Gasteiger partial charge in [0.1, 0.15) is 6.04 Å². The van der Waals surface area contributed by atoms with E-state index >= 15 is 0 Å². The Bertz CT molecular complexity index is 377. The smallest absolute Gasteiger partial charge is 0.320 e. The molecule has 0 fully saturated rings. The number of hydrogen-bond acceptors (Lipinski definition) is 3. The maximum atomic E-state index is 10.4. The average molecular weight is 236 g/mol. The second-order valence-corrected chi connectivity index (χ2v) is 3.24. The van der Waals surface area contributed by atoms with Crippen LogP contribution in [0.1, 0.15) is 5.56 Å². The summed E-state index contributed by atoms with van der Waals surface area (Å²) >= 11 is 0. The summed E-state index contributed by atoms with van der Waals surface area (Å²) in [5.41, 5.74) is 10.8. The summed E-state index contributed by atoms with van der Waals surface area (Å²) in [7, 11) is 0. The van der Waals surface area contributed by atoms with E-state index in [-0.39, 0.29) is 0 Å². The van der Waals surface area contributed by atoms with Crippen molar-refractivity contribution in [3.63, 3.8) is 0 Å². The zero-order chi connectivity index (χ0) is 13.3. The van der Waals surface area contributed by atoms with Crippen molar-refractivity contribution in [2.24, 2.45) is 11.5 Å². The summed E-state index contributed by atoms with van der Waals surface area (Å²) in [6.07, 6.45) is 1.44. The third-order valence-corrected chi connectivity index (χ3v) is 1.82. The van der Waals surface area contributed by atoms with Gasteiger partial charge in [-0.3, -0.25) is 9.59 Å². The fourth-order valence-electron chi connectivity index (χ4n) is 0.955. The Labute approximate surface area is 99.7 Å². The van der Waals surface area contributed by atoms with Crippen LogP contribution in [-0.4, -0.2) is 23.0 Å². The van der Waals surface area contributed by atoms with E-state index in [9.17, 15) is 9.59 Å². The lowest BCUT2D eigenvalue weighted by Gasteiger charge is -2.04. The monoisotopic (exact) mass is 236 g/mol. The van der Waals surface area contributed by atoms with Crippen molar-refractivity contribution in [3.05, 3.63) is 48.6 Å². The van der Waals surface area contributed by atoms with Gasteiger partial charge in [0.25, 0.3) is 0 Å². The Kier molecular flexibility index (Phi) is 7.05. The molecular formula is C12H16N2O3. The van der Waals surface area contributed by atoms with Crippen LogP contribution < -0.4 is 11.5 Å². The second kappa shape index (κ2) is 8.06. The Morgan fingerprint density at radius 2 is 1.82 bits per heavy atom. The summed E-state index contributed by atoms with van der Waals surface area (Å²) in [6.45, 7) is 3.09. The van der Waals surface area contributed by atoms with E-state index in [0.29, 0.717) is 6.42 Å². The molecule has 0 aromatic heterocycles. The highest BCUT2D eigenvalue weighted by Gasteiger charge is 2.10. The minimum Gasteiger partial charge on any atom is -0.480 e. The molecule has 17 heavy (non-hydrogen) atoms. The van der Waals surface area contributed by atoms with Gasteiger partial charge in [-0.25, -0.2) is 0 Å². The van der Waals surface area contributed by atoms with E-state index in [2.05, 4.69) is 12.3 Å². The number of nitrogens with two attached hydrogens (primary N) is 2. The van der Waals surface area contributed by atoms with Crippen molar-refractivity contribution in [2.45, 2.75) is 12.5 Å². The van der Waals surface area contributed by atoms with Crippen LogP contribution in [0.4, 0.5) is 0 Å². The van der Waals surface area contributed by atoms with Crippen LogP contribution in [0, 0.1) is 0 Å². The molecule has 0 aliphatic heterocycles. The first-order valence-corrected chi connectivity index (χ1v) is 4.91. The number of hydrogen-bond donors (Lipinski definition) is 3. The number of carboxylic acid groups (broad SMARTS) is 1. The van der Waals surface area contributed by atoms with E-state index in [0.717, 1.165) is 11.6 Å². The lowest BCUT2D eigenvalue weighted by molar-refractivity contribution is -0.138. The molecule has 0 aliphatic carbocycles. The minimum atomic E-state index is -0.959. The molecule has 0 heterocycles. The summed E-state index contributed by atoms with van der Waals surface area (Å²) < 4.78 is 0. The van der Waals surface area contributed by atoms with Crippen molar-refractivity contribution in [3.8, 4) is 0 Å². The summed E-state index contributed by atoms with van der Waals surface area (Å²) in [6, 6.07) is 8.54. The maximum Gasteiger partial charge on any atom is 0.320 e. The zero-order valence-corrected chi connectivity index (χ0v) is 9.37. The summed E-state index contributed by atoms with van der Waals surface area (Å²) in [5.74, 6) is -1.44. The standard InChI is InChI=1S/C9H11NO2.C3H5NO/c10-8(9(11)12)6-7-4-2-1-3-5-7;1-2-3(4)5/h1-5,8H,6,10H2,(H,11,12);2H,1H2,(H2,4,5)/t8-;/m1./s1. The second-order valence-electron chi connectivity index (χ2n) is 3.24. The molecule has 1 atom stereocenters. The molecule has 5 nitrogen and oxygen atoms in total. The van der Waals surface area contributed by atoms with E-state index in [1.807, 2.05) is 30.3 Å². The zero-order valence-electron chi connectivity index (χ0n) is 9.37. The average Bonchev–Trinajstić information content (AvgIpc) is 2.31. The van der Waals surface area contributed by atoms with Gasteiger partial charge in [0, 0.05) is 0 Å². The van der Waals surface area contributed by atoms with Crippen LogP contribution in [0.25, 0.3) is 0 Å². The molecule has 0 bridgehead atoms. The normalized spacial score (nSPS) is 10.6. The summed E-state index contributed by atoms with van der Waals surface area (Å²) in [4.78, 5) is 19.9. The molecule has 0 radical (unpaired) electrons. The molecule has 5 heteroatoms. The highest BCUT2D eigenvalue weighted by atomic mass is 16.4. The molecule has 0 spiro atoms. The topological polar surface area (TPSA) is 106 Å². The lowest BCUT2D eigenvalue weighted by Crippen LogP contribution is -2.32. The third kappa shape index (κ3) is 7.75. The van der Waals surface area contributed by atoms with Gasteiger partial charge in [-0.15, -0.1) is 0 Å². The first-order chi connectivity index (χ1) is 7.97. The van der Waals surface area contributed by atoms with Gasteiger partial charge in [0.05, 0.1) is 0 Å². The van der Waals surface area contributed by atoms with E-state index in [1.165, 1.54) is 0 Å². The van der Waals surface area contributed by atoms with E-state index in [1.54, 1.807) is 0 Å². The molecule has 0 aliphatic rings. The minimum absolute atomic E-state index is 0.385. The van der Waals surface area contributed by atoms with Crippen molar-refractivity contribution in [2.75, 3.05) is 0 Å². The predicted octanol–water partition coefficient (Wildman–Crippen LogP) is 0.299. The van der Waals surface area contributed by atoms with Crippen LogP contribution >= 0.6 is 0 Å². The van der Waals surface area contributed by atoms with Crippen molar-refractivity contribution < 1.29 is 14.7 Å². The number of amides is 1. The molecule has 1 rings (SSSR count). The van der Waals surface area contributed by atoms with Gasteiger partial charge >= 0.3 is 5.97 Å². The predicted molar refractivity (Wildman–Crippen MR) is 65.1 cm³/mol. The lowest BCUT2D eigenvalue weighted by atomic mass is 10.1. The largest absolute Gasteiger partial charge is 0.480 e. The van der Waals surface area contributed by atoms with Crippen LogP contribution in [0.5, 0.6) is 0 Å². The van der Waals surface area contributed by atoms with E-state index < -0.39 is 17.9 Å². The number of aliphatic carboxylic acids is 1. The van der Waals surface area contributed by atoms with Crippen LogP contribution in [0.15, 0.2) is 43.0 Å².